The van der Waals surface area contributed by atoms with Gasteiger partial charge in [-0.1, -0.05) is 12.1 Å². The molecule has 3 rings (SSSR count). The molecule has 3 nitrogen and oxygen atoms in total. The van der Waals surface area contributed by atoms with Gasteiger partial charge < -0.3 is 0 Å². The second-order valence-electron chi connectivity index (χ2n) is 4.23. The fourth-order valence-electron chi connectivity index (χ4n) is 2.14. The lowest BCUT2D eigenvalue weighted by atomic mass is 10.00. The van der Waals surface area contributed by atoms with Crippen LogP contribution in [0.3, 0.4) is 0 Å². The van der Waals surface area contributed by atoms with Gasteiger partial charge in [-0.3, -0.25) is 10.8 Å². The van der Waals surface area contributed by atoms with Crippen molar-refractivity contribution in [1.29, 1.82) is 0 Å². The number of hydrazine groups is 1. The van der Waals surface area contributed by atoms with Crippen molar-refractivity contribution in [3.05, 3.63) is 62.9 Å². The maximum Gasteiger partial charge on any atom is 0.0729 e. The van der Waals surface area contributed by atoms with Gasteiger partial charge in [-0.15, -0.1) is 0 Å². The van der Waals surface area contributed by atoms with Crippen molar-refractivity contribution in [2.24, 2.45) is 5.84 Å². The fraction of sp³-hybridized carbons (Fsp3) is 0.0714. The summed E-state index contributed by atoms with van der Waals surface area (Å²) in [6.45, 7) is 0. The molecule has 0 aliphatic heterocycles. The summed E-state index contributed by atoms with van der Waals surface area (Å²) >= 11 is 5.21. The van der Waals surface area contributed by atoms with Crippen molar-refractivity contribution in [1.82, 2.24) is 10.4 Å². The molecule has 2 aromatic heterocycles. The molecule has 1 atom stereocenters. The molecule has 19 heavy (non-hydrogen) atoms. The largest absolute Gasteiger partial charge is 0.271 e. The van der Waals surface area contributed by atoms with Gasteiger partial charge in [0.25, 0.3) is 0 Å². The number of hydrogen-bond donors (Lipinski definition) is 2. The third kappa shape index (κ3) is 2.42. The Labute approximate surface area is 123 Å². The molecule has 0 aliphatic rings. The summed E-state index contributed by atoms with van der Waals surface area (Å²) in [5.41, 5.74) is 6.15. The van der Waals surface area contributed by atoms with E-state index >= 15 is 0 Å². The highest BCUT2D eigenvalue weighted by atomic mass is 79.9. The number of nitrogens with two attached hydrogens (primary N) is 1. The highest BCUT2D eigenvalue weighted by Gasteiger charge is 2.16. The molecule has 0 aliphatic carbocycles. The third-order valence-electron chi connectivity index (χ3n) is 3.08. The van der Waals surface area contributed by atoms with Gasteiger partial charge in [0, 0.05) is 21.4 Å². The number of rotatable bonds is 3. The van der Waals surface area contributed by atoms with Crippen LogP contribution in [0.2, 0.25) is 0 Å². The molecule has 5 heteroatoms. The first kappa shape index (κ1) is 12.7. The zero-order valence-electron chi connectivity index (χ0n) is 10.0. The molecule has 0 fully saturated rings. The maximum absolute atomic E-state index is 5.73. The van der Waals surface area contributed by atoms with Crippen LogP contribution in [0.5, 0.6) is 0 Å². The van der Waals surface area contributed by atoms with Crippen molar-refractivity contribution in [2.45, 2.75) is 6.04 Å². The van der Waals surface area contributed by atoms with E-state index in [4.69, 9.17) is 5.84 Å². The number of hydrogen-bond acceptors (Lipinski definition) is 4. The second-order valence-corrected chi connectivity index (χ2v) is 5.83. The smallest absolute Gasteiger partial charge is 0.0729 e. The van der Waals surface area contributed by atoms with E-state index in [1.54, 1.807) is 17.5 Å². The van der Waals surface area contributed by atoms with Crippen molar-refractivity contribution in [2.75, 3.05) is 0 Å². The topological polar surface area (TPSA) is 50.9 Å². The number of halogens is 1. The number of benzene rings is 1. The summed E-state index contributed by atoms with van der Waals surface area (Å²) in [5, 5.41) is 5.27. The Kier molecular flexibility index (Phi) is 3.61. The molecule has 0 saturated heterocycles. The van der Waals surface area contributed by atoms with Crippen LogP contribution in [0.4, 0.5) is 0 Å². The Bertz CT molecular complexity index is 710. The van der Waals surface area contributed by atoms with E-state index in [2.05, 4.69) is 55.3 Å². The molecule has 1 unspecified atom stereocenters. The van der Waals surface area contributed by atoms with Crippen molar-refractivity contribution in [3.63, 3.8) is 0 Å². The van der Waals surface area contributed by atoms with Gasteiger partial charge >= 0.3 is 0 Å². The summed E-state index contributed by atoms with van der Waals surface area (Å²) in [6, 6.07) is 10.2. The SMILES string of the molecule is NNC(c1ccc2ncccc2c1)c1cscc1Br. The Morgan fingerprint density at radius 1 is 1.26 bits per heavy atom. The number of nitrogens with zero attached hydrogens (tertiary/aromatic N) is 1. The van der Waals surface area contributed by atoms with E-state index in [-0.39, 0.29) is 6.04 Å². The molecule has 0 spiro atoms. The second kappa shape index (κ2) is 5.38. The van der Waals surface area contributed by atoms with E-state index in [1.165, 1.54) is 0 Å². The first-order chi connectivity index (χ1) is 9.29. The predicted molar refractivity (Wildman–Crippen MR) is 82.9 cm³/mol. The first-order valence-corrected chi connectivity index (χ1v) is 7.55. The van der Waals surface area contributed by atoms with Crippen LogP contribution in [0.25, 0.3) is 10.9 Å². The third-order valence-corrected chi connectivity index (χ3v) is 4.83. The van der Waals surface area contributed by atoms with Gasteiger partial charge in [0.2, 0.25) is 0 Å². The van der Waals surface area contributed by atoms with Crippen LogP contribution in [0.15, 0.2) is 51.8 Å². The molecular formula is C14H12BrN3S. The number of fused-ring (bicyclic) bond motifs is 1. The van der Waals surface area contributed by atoms with Crippen molar-refractivity contribution in [3.8, 4) is 0 Å². The van der Waals surface area contributed by atoms with Crippen LogP contribution in [0, 0.1) is 0 Å². The van der Waals surface area contributed by atoms with Crippen molar-refractivity contribution < 1.29 is 0 Å². The number of pyridine rings is 1. The van der Waals surface area contributed by atoms with Crippen LogP contribution in [0.1, 0.15) is 17.2 Å². The lowest BCUT2D eigenvalue weighted by Crippen LogP contribution is -2.28. The van der Waals surface area contributed by atoms with E-state index in [0.717, 1.165) is 26.5 Å². The number of thiophene rings is 1. The minimum absolute atomic E-state index is 0.0229. The number of aromatic nitrogens is 1. The zero-order chi connectivity index (χ0) is 13.2. The summed E-state index contributed by atoms with van der Waals surface area (Å²) in [6.07, 6.45) is 1.80. The normalized spacial score (nSPS) is 12.7. The molecule has 96 valence electrons. The van der Waals surface area contributed by atoms with Gasteiger partial charge in [0.05, 0.1) is 11.6 Å². The molecule has 0 bridgehead atoms. The Morgan fingerprint density at radius 2 is 2.16 bits per heavy atom. The quantitative estimate of drug-likeness (QED) is 0.568. The van der Waals surface area contributed by atoms with E-state index < -0.39 is 0 Å². The summed E-state index contributed by atoms with van der Waals surface area (Å²) in [5.74, 6) is 5.73. The summed E-state index contributed by atoms with van der Waals surface area (Å²) < 4.78 is 1.08. The van der Waals surface area contributed by atoms with Gasteiger partial charge in [0.15, 0.2) is 0 Å². The maximum atomic E-state index is 5.73. The lowest BCUT2D eigenvalue weighted by molar-refractivity contribution is 0.637. The van der Waals surface area contributed by atoms with Gasteiger partial charge in [-0.2, -0.15) is 11.3 Å². The molecule has 0 amide bonds. The first-order valence-electron chi connectivity index (χ1n) is 5.82. The molecular weight excluding hydrogens is 322 g/mol. The van der Waals surface area contributed by atoms with Crippen LogP contribution in [-0.2, 0) is 0 Å². The monoisotopic (exact) mass is 333 g/mol. The molecule has 3 aromatic rings. The average Bonchev–Trinajstić information content (AvgIpc) is 2.86. The zero-order valence-corrected chi connectivity index (χ0v) is 12.4. The van der Waals surface area contributed by atoms with Crippen molar-refractivity contribution >= 4 is 38.2 Å². The lowest BCUT2D eigenvalue weighted by Gasteiger charge is -2.16. The Hall–Kier alpha value is -1.27. The highest BCUT2D eigenvalue weighted by Crippen LogP contribution is 2.32. The molecule has 1 aromatic carbocycles. The molecule has 0 saturated carbocycles. The highest BCUT2D eigenvalue weighted by molar-refractivity contribution is 9.10. The summed E-state index contributed by atoms with van der Waals surface area (Å²) in [7, 11) is 0. The van der Waals surface area contributed by atoms with Gasteiger partial charge in [-0.25, -0.2) is 5.43 Å². The van der Waals surface area contributed by atoms with Gasteiger partial charge in [0.1, 0.15) is 0 Å². The van der Waals surface area contributed by atoms with Crippen LogP contribution < -0.4 is 11.3 Å². The Balaban J connectivity index is 2.09. The van der Waals surface area contributed by atoms with Crippen LogP contribution in [-0.4, -0.2) is 4.98 Å². The fourth-order valence-corrected chi connectivity index (χ4v) is 3.69. The van der Waals surface area contributed by atoms with Gasteiger partial charge in [-0.05, 0) is 50.6 Å². The molecule has 3 N–H and O–H groups in total. The summed E-state index contributed by atoms with van der Waals surface area (Å²) in [4.78, 5) is 4.33. The minimum Gasteiger partial charge on any atom is -0.271 e. The Morgan fingerprint density at radius 3 is 2.89 bits per heavy atom. The standard InChI is InChI=1S/C14H12BrN3S/c15-12-8-19-7-11(12)14(18-16)10-3-4-13-9(6-10)2-1-5-17-13/h1-8,14,18H,16H2. The molecule has 2 heterocycles. The predicted octanol–water partition coefficient (Wildman–Crippen LogP) is 3.61. The van der Waals surface area contributed by atoms with E-state index in [9.17, 15) is 0 Å². The minimum atomic E-state index is -0.0229. The average molecular weight is 334 g/mol. The van der Waals surface area contributed by atoms with Crippen LogP contribution >= 0.6 is 27.3 Å². The van der Waals surface area contributed by atoms with E-state index in [0.29, 0.717) is 0 Å². The van der Waals surface area contributed by atoms with E-state index in [1.807, 2.05) is 12.1 Å². The molecule has 0 radical (unpaired) electrons. The number of nitrogens with one attached hydrogen (secondary N) is 1.